The highest BCUT2D eigenvalue weighted by Gasteiger charge is 2.24. The smallest absolute Gasteiger partial charge is 0.355 e. The van der Waals surface area contributed by atoms with Gasteiger partial charge in [-0.25, -0.2) is 14.6 Å². The molecule has 0 aliphatic rings. The maximum absolute atomic E-state index is 12.9. The van der Waals surface area contributed by atoms with Gasteiger partial charge in [0.15, 0.2) is 16.9 Å². The predicted molar refractivity (Wildman–Crippen MR) is 101 cm³/mol. The monoisotopic (exact) mass is 387 g/mol. The van der Waals surface area contributed by atoms with Gasteiger partial charge in [-0.2, -0.15) is 0 Å². The second kappa shape index (κ2) is 6.95. The van der Waals surface area contributed by atoms with E-state index in [-0.39, 0.29) is 35.8 Å². The summed E-state index contributed by atoms with van der Waals surface area (Å²) in [6, 6.07) is 0. The summed E-state index contributed by atoms with van der Waals surface area (Å²) in [7, 11) is 2.88. The molecule has 0 spiro atoms. The predicted octanol–water partition coefficient (Wildman–Crippen LogP) is 0.438. The molecule has 10 nitrogen and oxygen atoms in total. The van der Waals surface area contributed by atoms with E-state index < -0.39 is 17.2 Å². The molecule has 0 amide bonds. The van der Waals surface area contributed by atoms with E-state index in [4.69, 9.17) is 4.74 Å². The molecule has 3 aromatic heterocycles. The second-order valence-corrected chi connectivity index (χ2v) is 6.52. The zero-order chi connectivity index (χ0) is 20.7. The molecule has 148 valence electrons. The summed E-state index contributed by atoms with van der Waals surface area (Å²) in [5.74, 6) is -0.823. The Morgan fingerprint density at radius 1 is 1.18 bits per heavy atom. The molecule has 28 heavy (non-hydrogen) atoms. The van der Waals surface area contributed by atoms with Crippen LogP contribution in [0.3, 0.4) is 0 Å². The number of aromatic nitrogens is 5. The Morgan fingerprint density at radius 3 is 2.50 bits per heavy atom. The Hall–Kier alpha value is -3.43. The van der Waals surface area contributed by atoms with Gasteiger partial charge in [0, 0.05) is 25.4 Å². The number of ether oxygens (including phenoxy) is 1. The van der Waals surface area contributed by atoms with Gasteiger partial charge >= 0.3 is 11.7 Å². The average molecular weight is 387 g/mol. The lowest BCUT2D eigenvalue weighted by Crippen LogP contribution is -2.37. The van der Waals surface area contributed by atoms with E-state index >= 15 is 0 Å². The van der Waals surface area contributed by atoms with Gasteiger partial charge in [-0.15, -0.1) is 0 Å². The number of carbonyl (C=O) groups excluding carboxylic acids is 2. The third-order valence-electron chi connectivity index (χ3n) is 4.73. The Balaban J connectivity index is 2.05. The Kier molecular flexibility index (Phi) is 4.80. The lowest BCUT2D eigenvalue weighted by atomic mass is 10.1. The summed E-state index contributed by atoms with van der Waals surface area (Å²) in [5, 5.41) is 0. The van der Waals surface area contributed by atoms with Crippen LogP contribution >= 0.6 is 0 Å². The summed E-state index contributed by atoms with van der Waals surface area (Å²) in [6.07, 6.45) is 1.35. The normalized spacial score (nSPS) is 11.2. The van der Waals surface area contributed by atoms with E-state index in [0.717, 1.165) is 4.57 Å². The van der Waals surface area contributed by atoms with Crippen LogP contribution < -0.4 is 11.2 Å². The molecular weight excluding hydrogens is 366 g/mol. The van der Waals surface area contributed by atoms with E-state index in [9.17, 15) is 19.2 Å². The van der Waals surface area contributed by atoms with Crippen LogP contribution in [0, 0.1) is 13.8 Å². The molecule has 3 heterocycles. The number of Topliss-reactive ketones (excluding diaryl/α,β-unsaturated/α-hetero) is 1. The molecular formula is C18H21N5O5. The van der Waals surface area contributed by atoms with Gasteiger partial charge < -0.3 is 14.3 Å². The van der Waals surface area contributed by atoms with E-state index in [2.05, 4.69) is 9.97 Å². The molecule has 1 N–H and O–H groups in total. The van der Waals surface area contributed by atoms with Gasteiger partial charge in [0.25, 0.3) is 5.56 Å². The first-order valence-corrected chi connectivity index (χ1v) is 8.69. The highest BCUT2D eigenvalue weighted by molar-refractivity contribution is 6.02. The van der Waals surface area contributed by atoms with E-state index in [1.54, 1.807) is 20.8 Å². The molecule has 0 saturated heterocycles. The Labute approximate surface area is 159 Å². The summed E-state index contributed by atoms with van der Waals surface area (Å²) >= 11 is 0. The molecule has 0 bridgehead atoms. The van der Waals surface area contributed by atoms with Crippen molar-refractivity contribution in [1.29, 1.82) is 0 Å². The van der Waals surface area contributed by atoms with Crippen molar-refractivity contribution in [3.8, 4) is 0 Å². The van der Waals surface area contributed by atoms with Crippen LogP contribution in [0.1, 0.15) is 39.0 Å². The highest BCUT2D eigenvalue weighted by Crippen LogP contribution is 2.20. The minimum absolute atomic E-state index is 0.161. The standard InChI is InChI=1S/C18H21N5O5/c1-6-28-17(26)13-9(2)12(10(3)20-13)11(24)7-23-8-19-15-14(23)16(25)22(5)18(27)21(15)4/h8,20H,6-7H2,1-5H3. The highest BCUT2D eigenvalue weighted by atomic mass is 16.5. The topological polar surface area (TPSA) is 121 Å². The van der Waals surface area contributed by atoms with Crippen LogP contribution in [-0.4, -0.2) is 42.0 Å². The third-order valence-corrected chi connectivity index (χ3v) is 4.73. The number of H-pyrrole nitrogens is 1. The number of aromatic amines is 1. The van der Waals surface area contributed by atoms with Crippen molar-refractivity contribution in [2.24, 2.45) is 14.1 Å². The van der Waals surface area contributed by atoms with Gasteiger partial charge in [-0.3, -0.25) is 18.7 Å². The Bertz CT molecular complexity index is 1220. The molecule has 3 rings (SSSR count). The van der Waals surface area contributed by atoms with E-state index in [1.165, 1.54) is 29.6 Å². The lowest BCUT2D eigenvalue weighted by Gasteiger charge is -2.07. The molecule has 3 aromatic rings. The minimum atomic E-state index is -0.530. The molecule has 0 fully saturated rings. The van der Waals surface area contributed by atoms with Crippen LogP contribution in [-0.2, 0) is 25.4 Å². The fourth-order valence-corrected chi connectivity index (χ4v) is 3.33. The number of hydrogen-bond acceptors (Lipinski definition) is 6. The van der Waals surface area contributed by atoms with Crippen molar-refractivity contribution < 1.29 is 14.3 Å². The molecule has 0 aliphatic carbocycles. The van der Waals surface area contributed by atoms with Gasteiger partial charge in [-0.05, 0) is 26.3 Å². The number of fused-ring (bicyclic) bond motifs is 1. The largest absolute Gasteiger partial charge is 0.461 e. The number of carbonyl (C=O) groups is 2. The van der Waals surface area contributed by atoms with Crippen molar-refractivity contribution in [2.45, 2.75) is 27.3 Å². The van der Waals surface area contributed by atoms with Crippen LogP contribution in [0.2, 0.25) is 0 Å². The summed E-state index contributed by atoms with van der Waals surface area (Å²) in [6.45, 7) is 5.12. The molecule has 0 radical (unpaired) electrons. The van der Waals surface area contributed by atoms with Crippen LogP contribution in [0.5, 0.6) is 0 Å². The number of ketones is 1. The summed E-state index contributed by atoms with van der Waals surface area (Å²) in [5.41, 5.74) is 0.970. The zero-order valence-corrected chi connectivity index (χ0v) is 16.3. The number of esters is 1. The molecule has 0 aliphatic heterocycles. The molecule has 0 unspecified atom stereocenters. The molecule has 0 aromatic carbocycles. The van der Waals surface area contributed by atoms with Crippen molar-refractivity contribution in [1.82, 2.24) is 23.7 Å². The number of rotatable bonds is 5. The fourth-order valence-electron chi connectivity index (χ4n) is 3.33. The van der Waals surface area contributed by atoms with E-state index in [1.807, 2.05) is 0 Å². The first kappa shape index (κ1) is 19.3. The van der Waals surface area contributed by atoms with Gasteiger partial charge in [0.2, 0.25) is 0 Å². The van der Waals surface area contributed by atoms with Crippen LogP contribution in [0.25, 0.3) is 11.2 Å². The number of nitrogens with zero attached hydrogens (tertiary/aromatic N) is 4. The second-order valence-electron chi connectivity index (χ2n) is 6.52. The number of hydrogen-bond donors (Lipinski definition) is 1. The Morgan fingerprint density at radius 2 is 1.86 bits per heavy atom. The fraction of sp³-hybridized carbons (Fsp3) is 0.389. The summed E-state index contributed by atoms with van der Waals surface area (Å²) in [4.78, 5) is 56.5. The van der Waals surface area contributed by atoms with Crippen molar-refractivity contribution in [2.75, 3.05) is 6.61 Å². The average Bonchev–Trinajstić information content (AvgIpc) is 3.19. The SMILES string of the molecule is CCOC(=O)c1[nH]c(C)c(C(=O)Cn2cnc3c2c(=O)n(C)c(=O)n3C)c1C. The van der Waals surface area contributed by atoms with Crippen molar-refractivity contribution in [3.05, 3.63) is 49.7 Å². The quantitative estimate of drug-likeness (QED) is 0.501. The third kappa shape index (κ3) is 2.86. The van der Waals surface area contributed by atoms with Crippen LogP contribution in [0.15, 0.2) is 15.9 Å². The van der Waals surface area contributed by atoms with Gasteiger partial charge in [0.05, 0.1) is 19.5 Å². The zero-order valence-electron chi connectivity index (χ0n) is 16.3. The first-order chi connectivity index (χ1) is 13.2. The minimum Gasteiger partial charge on any atom is -0.461 e. The molecule has 0 atom stereocenters. The first-order valence-electron chi connectivity index (χ1n) is 8.69. The maximum atomic E-state index is 12.9. The number of aryl methyl sites for hydroxylation is 2. The van der Waals surface area contributed by atoms with Crippen molar-refractivity contribution >= 4 is 22.9 Å². The van der Waals surface area contributed by atoms with Crippen LogP contribution in [0.4, 0.5) is 0 Å². The molecule has 10 heteroatoms. The maximum Gasteiger partial charge on any atom is 0.355 e. The lowest BCUT2D eigenvalue weighted by molar-refractivity contribution is 0.0519. The number of nitrogens with one attached hydrogen (secondary N) is 1. The van der Waals surface area contributed by atoms with Gasteiger partial charge in [0.1, 0.15) is 5.69 Å². The van der Waals surface area contributed by atoms with Gasteiger partial charge in [-0.1, -0.05) is 0 Å². The summed E-state index contributed by atoms with van der Waals surface area (Å²) < 4.78 is 8.63. The van der Waals surface area contributed by atoms with E-state index in [0.29, 0.717) is 16.8 Å². The molecule has 0 saturated carbocycles. The number of imidazole rings is 1. The van der Waals surface area contributed by atoms with Crippen molar-refractivity contribution in [3.63, 3.8) is 0 Å².